The van der Waals surface area contributed by atoms with E-state index < -0.39 is 0 Å². The second-order valence-electron chi connectivity index (χ2n) is 4.81. The minimum absolute atomic E-state index is 0.0296. The number of aryl methyl sites for hydroxylation is 1. The molecule has 0 aromatic heterocycles. The van der Waals surface area contributed by atoms with Crippen molar-refractivity contribution >= 4 is 29.3 Å². The van der Waals surface area contributed by atoms with Gasteiger partial charge in [0.1, 0.15) is 0 Å². The van der Waals surface area contributed by atoms with E-state index in [0.717, 1.165) is 16.8 Å². The van der Waals surface area contributed by atoms with Crippen LogP contribution in [0.15, 0.2) is 54.6 Å². The highest BCUT2D eigenvalue weighted by atomic mass is 35.5. The quantitative estimate of drug-likeness (QED) is 0.748. The number of likely N-dealkylation sites (N-methyl/N-ethyl adjacent to an activating group) is 1. The average molecular weight is 300 g/mol. The van der Waals surface area contributed by atoms with E-state index >= 15 is 0 Å². The van der Waals surface area contributed by atoms with Crippen molar-refractivity contribution < 1.29 is 4.79 Å². The highest BCUT2D eigenvalue weighted by Gasteiger charge is 2.10. The summed E-state index contributed by atoms with van der Waals surface area (Å²) in [6.45, 7) is 4.62. The summed E-state index contributed by atoms with van der Waals surface area (Å²) in [7, 11) is 0. The lowest BCUT2D eigenvalue weighted by molar-refractivity contribution is -0.114. The summed E-state index contributed by atoms with van der Waals surface area (Å²) in [5.41, 5.74) is 3.01. The molecule has 0 aliphatic rings. The third-order valence-electron chi connectivity index (χ3n) is 3.18. The minimum Gasteiger partial charge on any atom is -0.309 e. The summed E-state index contributed by atoms with van der Waals surface area (Å²) in [4.78, 5) is 14.1. The molecule has 0 spiro atoms. The lowest BCUT2D eigenvalue weighted by atomic mass is 10.2. The second-order valence-corrected chi connectivity index (χ2v) is 5.24. The molecule has 0 aliphatic heterocycles. The summed E-state index contributed by atoms with van der Waals surface area (Å²) in [5.74, 6) is -0.0296. The molecule has 0 saturated carbocycles. The molecule has 1 amide bonds. The molecule has 0 bridgehead atoms. The first-order valence-electron chi connectivity index (χ1n) is 6.92. The third-order valence-corrected chi connectivity index (χ3v) is 3.44. The van der Waals surface area contributed by atoms with E-state index in [1.54, 1.807) is 17.1 Å². The van der Waals surface area contributed by atoms with Crippen molar-refractivity contribution in [2.45, 2.75) is 13.8 Å². The number of nitrogens with zero attached hydrogens (tertiary/aromatic N) is 1. The minimum atomic E-state index is -0.0296. The van der Waals surface area contributed by atoms with Crippen molar-refractivity contribution in [2.24, 2.45) is 0 Å². The highest BCUT2D eigenvalue weighted by Crippen LogP contribution is 2.17. The van der Waals surface area contributed by atoms with Gasteiger partial charge in [0.05, 0.1) is 0 Å². The van der Waals surface area contributed by atoms with Crippen molar-refractivity contribution in [2.75, 3.05) is 11.4 Å². The number of amides is 1. The molecule has 2 aromatic carbocycles. The van der Waals surface area contributed by atoms with Gasteiger partial charge in [0.25, 0.3) is 5.91 Å². The molecule has 0 unspecified atom stereocenters. The number of halogens is 1. The highest BCUT2D eigenvalue weighted by molar-refractivity contribution is 6.30. The van der Waals surface area contributed by atoms with Crippen LogP contribution in [0, 0.1) is 6.92 Å². The van der Waals surface area contributed by atoms with Gasteiger partial charge in [-0.25, -0.2) is 0 Å². The predicted octanol–water partition coefficient (Wildman–Crippen LogP) is 4.71. The SMILES string of the molecule is CCN(C(=O)/C=C/c1ccc(Cl)cc1)c1cccc(C)c1. The van der Waals surface area contributed by atoms with Gasteiger partial charge in [0, 0.05) is 23.3 Å². The maximum Gasteiger partial charge on any atom is 0.250 e. The molecule has 2 nitrogen and oxygen atoms in total. The van der Waals surface area contributed by atoms with E-state index in [1.807, 2.05) is 62.4 Å². The number of carbonyl (C=O) groups is 1. The van der Waals surface area contributed by atoms with Crippen LogP contribution in [0.1, 0.15) is 18.1 Å². The van der Waals surface area contributed by atoms with Crippen LogP contribution in [0.5, 0.6) is 0 Å². The summed E-state index contributed by atoms with van der Waals surface area (Å²) in [6, 6.07) is 15.3. The standard InChI is InChI=1S/C18H18ClNO/c1-3-20(17-6-4-5-14(2)13-17)18(21)12-9-15-7-10-16(19)11-8-15/h4-13H,3H2,1-2H3/b12-9+. The molecule has 0 radical (unpaired) electrons. The first kappa shape index (κ1) is 15.3. The van der Waals surface area contributed by atoms with Gasteiger partial charge in [-0.3, -0.25) is 4.79 Å². The number of hydrogen-bond acceptors (Lipinski definition) is 1. The number of hydrogen-bond donors (Lipinski definition) is 0. The fourth-order valence-electron chi connectivity index (χ4n) is 2.09. The zero-order valence-corrected chi connectivity index (χ0v) is 13.0. The summed E-state index contributed by atoms with van der Waals surface area (Å²) in [6.07, 6.45) is 3.40. The normalized spacial score (nSPS) is 10.8. The molecule has 0 saturated heterocycles. The Morgan fingerprint density at radius 3 is 2.52 bits per heavy atom. The van der Waals surface area contributed by atoms with Gasteiger partial charge >= 0.3 is 0 Å². The molecule has 0 N–H and O–H groups in total. The topological polar surface area (TPSA) is 20.3 Å². The van der Waals surface area contributed by atoms with Crippen LogP contribution in [0.4, 0.5) is 5.69 Å². The Balaban J connectivity index is 2.15. The summed E-state index contributed by atoms with van der Waals surface area (Å²) >= 11 is 5.84. The van der Waals surface area contributed by atoms with E-state index in [9.17, 15) is 4.79 Å². The van der Waals surface area contributed by atoms with Crippen LogP contribution < -0.4 is 4.90 Å². The molecular formula is C18H18ClNO. The maximum absolute atomic E-state index is 12.3. The van der Waals surface area contributed by atoms with E-state index in [2.05, 4.69) is 0 Å². The zero-order chi connectivity index (χ0) is 15.2. The first-order chi connectivity index (χ1) is 10.1. The Kier molecular flexibility index (Phi) is 5.18. The van der Waals surface area contributed by atoms with Crippen molar-refractivity contribution in [1.29, 1.82) is 0 Å². The third kappa shape index (κ3) is 4.20. The lowest BCUT2D eigenvalue weighted by Gasteiger charge is -2.19. The van der Waals surface area contributed by atoms with Crippen molar-refractivity contribution in [3.63, 3.8) is 0 Å². The van der Waals surface area contributed by atoms with Gasteiger partial charge in [-0.1, -0.05) is 35.9 Å². The smallest absolute Gasteiger partial charge is 0.250 e. The van der Waals surface area contributed by atoms with Gasteiger partial charge in [-0.2, -0.15) is 0 Å². The van der Waals surface area contributed by atoms with Crippen LogP contribution in [0.25, 0.3) is 6.08 Å². The Morgan fingerprint density at radius 2 is 1.90 bits per heavy atom. The molecule has 0 fully saturated rings. The number of rotatable bonds is 4. The molecule has 3 heteroatoms. The predicted molar refractivity (Wildman–Crippen MR) is 89.7 cm³/mol. The Hall–Kier alpha value is -2.06. The molecule has 0 aliphatic carbocycles. The van der Waals surface area contributed by atoms with Gasteiger partial charge in [-0.15, -0.1) is 0 Å². The van der Waals surface area contributed by atoms with Gasteiger partial charge in [0.2, 0.25) is 0 Å². The first-order valence-corrected chi connectivity index (χ1v) is 7.30. The van der Waals surface area contributed by atoms with Crippen molar-refractivity contribution in [3.05, 3.63) is 70.8 Å². The zero-order valence-electron chi connectivity index (χ0n) is 12.2. The number of carbonyl (C=O) groups excluding carboxylic acids is 1. The fourth-order valence-corrected chi connectivity index (χ4v) is 2.22. The second kappa shape index (κ2) is 7.09. The fraction of sp³-hybridized carbons (Fsp3) is 0.167. The van der Waals surface area contributed by atoms with Gasteiger partial charge < -0.3 is 4.90 Å². The maximum atomic E-state index is 12.3. The van der Waals surface area contributed by atoms with E-state index in [-0.39, 0.29) is 5.91 Å². The van der Waals surface area contributed by atoms with Crippen molar-refractivity contribution in [1.82, 2.24) is 0 Å². The van der Waals surface area contributed by atoms with Gasteiger partial charge in [0.15, 0.2) is 0 Å². The van der Waals surface area contributed by atoms with Crippen molar-refractivity contribution in [3.8, 4) is 0 Å². The van der Waals surface area contributed by atoms with Crippen LogP contribution in [-0.4, -0.2) is 12.5 Å². The molecule has 0 atom stereocenters. The Bertz CT molecular complexity index is 647. The average Bonchev–Trinajstić information content (AvgIpc) is 2.47. The number of benzene rings is 2. The number of anilines is 1. The molecule has 108 valence electrons. The Morgan fingerprint density at radius 1 is 1.19 bits per heavy atom. The summed E-state index contributed by atoms with van der Waals surface area (Å²) < 4.78 is 0. The van der Waals surface area contributed by atoms with E-state index in [0.29, 0.717) is 11.6 Å². The molecule has 2 aromatic rings. The molecule has 21 heavy (non-hydrogen) atoms. The molecule has 2 rings (SSSR count). The van der Waals surface area contributed by atoms with Gasteiger partial charge in [-0.05, 0) is 55.3 Å². The molecular weight excluding hydrogens is 282 g/mol. The van der Waals surface area contributed by atoms with Crippen LogP contribution in [0.3, 0.4) is 0 Å². The Labute approximate surface area is 130 Å². The van der Waals surface area contributed by atoms with Crippen LogP contribution >= 0.6 is 11.6 Å². The van der Waals surface area contributed by atoms with Crippen LogP contribution in [0.2, 0.25) is 5.02 Å². The largest absolute Gasteiger partial charge is 0.309 e. The summed E-state index contributed by atoms with van der Waals surface area (Å²) in [5, 5.41) is 0.688. The molecule has 0 heterocycles. The van der Waals surface area contributed by atoms with Crippen LogP contribution in [-0.2, 0) is 4.79 Å². The monoisotopic (exact) mass is 299 g/mol. The van der Waals surface area contributed by atoms with E-state index in [1.165, 1.54) is 0 Å². The van der Waals surface area contributed by atoms with E-state index in [4.69, 9.17) is 11.6 Å². The lowest BCUT2D eigenvalue weighted by Crippen LogP contribution is -2.28.